The van der Waals surface area contributed by atoms with Crippen molar-refractivity contribution in [3.05, 3.63) is 36.5 Å². The van der Waals surface area contributed by atoms with Gasteiger partial charge in [0.25, 0.3) is 0 Å². The zero-order chi connectivity index (χ0) is 36.1. The summed E-state index contributed by atoms with van der Waals surface area (Å²) in [5, 5.41) is 0. The van der Waals surface area contributed by atoms with Gasteiger partial charge in [0.1, 0.15) is 6.61 Å². The zero-order valence-electron chi connectivity index (χ0n) is 31.2. The minimum atomic E-state index is -4.37. The molecule has 0 aromatic rings. The summed E-state index contributed by atoms with van der Waals surface area (Å²) >= 11 is 0. The average molecular weight is 714 g/mol. The van der Waals surface area contributed by atoms with Gasteiger partial charge in [0.2, 0.25) is 0 Å². The highest BCUT2D eigenvalue weighted by molar-refractivity contribution is 7.47. The molecule has 0 spiro atoms. The van der Waals surface area contributed by atoms with Crippen molar-refractivity contribution < 1.29 is 37.6 Å². The molecule has 0 fully saturated rings. The number of carbonyl (C=O) groups excluding carboxylic acids is 2. The van der Waals surface area contributed by atoms with E-state index in [0.29, 0.717) is 12.8 Å². The molecule has 286 valence electrons. The zero-order valence-corrected chi connectivity index (χ0v) is 32.1. The number of phosphoric ester groups is 1. The summed E-state index contributed by atoms with van der Waals surface area (Å²) in [5.41, 5.74) is 5.33. The number of esters is 2. The van der Waals surface area contributed by atoms with E-state index in [1.807, 2.05) is 0 Å². The molecule has 0 radical (unpaired) electrons. The van der Waals surface area contributed by atoms with Gasteiger partial charge in [-0.2, -0.15) is 0 Å². The SMILES string of the molecule is CCC=CCC=CCC=CCCCCCCCC(=O)OCC(COP(=O)(O)OCCN)OC(=O)CCCCCCCCCCCCCCC. The van der Waals surface area contributed by atoms with E-state index in [-0.39, 0.29) is 32.6 Å². The van der Waals surface area contributed by atoms with E-state index < -0.39 is 32.5 Å². The highest BCUT2D eigenvalue weighted by Gasteiger charge is 2.25. The van der Waals surface area contributed by atoms with Crippen LogP contribution in [0.5, 0.6) is 0 Å². The van der Waals surface area contributed by atoms with E-state index in [1.54, 1.807) is 0 Å². The fraction of sp³-hybridized carbons (Fsp3) is 0.795. The minimum Gasteiger partial charge on any atom is -0.462 e. The number of unbranched alkanes of at least 4 members (excludes halogenated alkanes) is 17. The molecule has 2 unspecified atom stereocenters. The molecule has 0 saturated heterocycles. The maximum absolute atomic E-state index is 12.5. The lowest BCUT2D eigenvalue weighted by atomic mass is 10.0. The molecule has 49 heavy (non-hydrogen) atoms. The van der Waals surface area contributed by atoms with Gasteiger partial charge in [0, 0.05) is 19.4 Å². The number of phosphoric acid groups is 1. The minimum absolute atomic E-state index is 0.0511. The number of nitrogens with two attached hydrogens (primary N) is 1. The van der Waals surface area contributed by atoms with Crippen LogP contribution in [-0.2, 0) is 32.7 Å². The number of ether oxygens (including phenoxy) is 2. The Kier molecular flexibility index (Phi) is 34.7. The molecule has 0 amide bonds. The standard InChI is InChI=1S/C39H72NO8P/c1-3-5-7-9-11-13-15-17-18-20-21-23-25-27-29-31-38(41)45-35-37(36-47-49(43,44)46-34-33-40)48-39(42)32-30-28-26-24-22-19-16-14-12-10-8-6-4-2/h5,7,11,13,17-18,37H,3-4,6,8-10,12,14-16,19-36,40H2,1-2H3,(H,43,44). The molecule has 0 aromatic heterocycles. The van der Waals surface area contributed by atoms with Crippen molar-refractivity contribution in [2.75, 3.05) is 26.4 Å². The maximum Gasteiger partial charge on any atom is 0.472 e. The second-order valence-electron chi connectivity index (χ2n) is 12.8. The molecule has 0 heterocycles. The van der Waals surface area contributed by atoms with Gasteiger partial charge < -0.3 is 20.1 Å². The quantitative estimate of drug-likeness (QED) is 0.0281. The fourth-order valence-corrected chi connectivity index (χ4v) is 5.94. The molecule has 9 nitrogen and oxygen atoms in total. The van der Waals surface area contributed by atoms with Crippen LogP contribution in [0.3, 0.4) is 0 Å². The predicted octanol–water partition coefficient (Wildman–Crippen LogP) is 10.6. The van der Waals surface area contributed by atoms with Crippen LogP contribution in [-0.4, -0.2) is 49.3 Å². The lowest BCUT2D eigenvalue weighted by Gasteiger charge is -2.19. The van der Waals surface area contributed by atoms with Crippen molar-refractivity contribution in [2.45, 2.75) is 174 Å². The lowest BCUT2D eigenvalue weighted by Crippen LogP contribution is -2.29. The van der Waals surface area contributed by atoms with Crippen LogP contribution in [0.1, 0.15) is 168 Å². The molecule has 10 heteroatoms. The molecule has 0 aromatic carbocycles. The average Bonchev–Trinajstić information content (AvgIpc) is 3.08. The van der Waals surface area contributed by atoms with E-state index in [1.165, 1.54) is 64.2 Å². The van der Waals surface area contributed by atoms with Crippen LogP contribution in [0, 0.1) is 0 Å². The van der Waals surface area contributed by atoms with Gasteiger partial charge in [0.15, 0.2) is 6.10 Å². The Bertz CT molecular complexity index is 907. The largest absolute Gasteiger partial charge is 0.472 e. The molecule has 0 aliphatic carbocycles. The third-order valence-electron chi connectivity index (χ3n) is 8.04. The van der Waals surface area contributed by atoms with Crippen LogP contribution in [0.25, 0.3) is 0 Å². The van der Waals surface area contributed by atoms with Gasteiger partial charge in [-0.15, -0.1) is 0 Å². The molecular formula is C39H72NO8P. The lowest BCUT2D eigenvalue weighted by molar-refractivity contribution is -0.161. The molecular weight excluding hydrogens is 641 g/mol. The fourth-order valence-electron chi connectivity index (χ4n) is 5.18. The normalized spacial score (nSPS) is 13.8. The monoisotopic (exact) mass is 713 g/mol. The van der Waals surface area contributed by atoms with Gasteiger partial charge in [-0.3, -0.25) is 18.6 Å². The highest BCUT2D eigenvalue weighted by Crippen LogP contribution is 2.43. The first kappa shape index (κ1) is 47.2. The van der Waals surface area contributed by atoms with E-state index in [0.717, 1.165) is 64.2 Å². The Hall–Kier alpha value is -1.77. The first-order chi connectivity index (χ1) is 23.8. The van der Waals surface area contributed by atoms with Crippen LogP contribution in [0.2, 0.25) is 0 Å². The Morgan fingerprint density at radius 1 is 0.633 bits per heavy atom. The third-order valence-corrected chi connectivity index (χ3v) is 9.02. The van der Waals surface area contributed by atoms with Crippen molar-refractivity contribution >= 4 is 19.8 Å². The van der Waals surface area contributed by atoms with E-state index >= 15 is 0 Å². The molecule has 2 atom stereocenters. The number of carbonyl (C=O) groups is 2. The van der Waals surface area contributed by atoms with Crippen LogP contribution in [0.15, 0.2) is 36.5 Å². The molecule has 0 rings (SSSR count). The van der Waals surface area contributed by atoms with Gasteiger partial charge in [-0.25, -0.2) is 4.57 Å². The first-order valence-corrected chi connectivity index (χ1v) is 21.0. The van der Waals surface area contributed by atoms with Crippen molar-refractivity contribution in [2.24, 2.45) is 5.73 Å². The van der Waals surface area contributed by atoms with E-state index in [9.17, 15) is 19.0 Å². The molecule has 0 bridgehead atoms. The van der Waals surface area contributed by atoms with Crippen LogP contribution in [0.4, 0.5) is 0 Å². The van der Waals surface area contributed by atoms with Gasteiger partial charge in [-0.1, -0.05) is 147 Å². The van der Waals surface area contributed by atoms with Crippen molar-refractivity contribution in [1.29, 1.82) is 0 Å². The maximum atomic E-state index is 12.5. The first-order valence-electron chi connectivity index (χ1n) is 19.5. The topological polar surface area (TPSA) is 134 Å². The molecule has 3 N–H and O–H groups in total. The summed E-state index contributed by atoms with van der Waals surface area (Å²) in [4.78, 5) is 34.7. The van der Waals surface area contributed by atoms with Crippen molar-refractivity contribution in [1.82, 2.24) is 0 Å². The van der Waals surface area contributed by atoms with Gasteiger partial charge >= 0.3 is 19.8 Å². The summed E-state index contributed by atoms with van der Waals surface area (Å²) in [6.07, 6.45) is 37.4. The smallest absolute Gasteiger partial charge is 0.462 e. The van der Waals surface area contributed by atoms with E-state index in [4.69, 9.17) is 24.3 Å². The summed E-state index contributed by atoms with van der Waals surface area (Å²) in [6.45, 7) is 3.59. The highest BCUT2D eigenvalue weighted by atomic mass is 31.2. The second-order valence-corrected chi connectivity index (χ2v) is 14.2. The van der Waals surface area contributed by atoms with E-state index in [2.05, 4.69) is 50.3 Å². The molecule has 0 saturated carbocycles. The Labute approximate surface area is 299 Å². The summed E-state index contributed by atoms with van der Waals surface area (Å²) in [6, 6.07) is 0. The molecule has 0 aliphatic heterocycles. The van der Waals surface area contributed by atoms with Gasteiger partial charge in [-0.05, 0) is 44.9 Å². The summed E-state index contributed by atoms with van der Waals surface area (Å²) < 4.78 is 32.6. The van der Waals surface area contributed by atoms with Crippen molar-refractivity contribution in [3.8, 4) is 0 Å². The summed E-state index contributed by atoms with van der Waals surface area (Å²) in [7, 11) is -4.37. The van der Waals surface area contributed by atoms with Gasteiger partial charge in [0.05, 0.1) is 13.2 Å². The molecule has 0 aliphatic rings. The van der Waals surface area contributed by atoms with Crippen molar-refractivity contribution in [3.63, 3.8) is 0 Å². The summed E-state index contributed by atoms with van der Waals surface area (Å²) in [5.74, 6) is -0.847. The van der Waals surface area contributed by atoms with Crippen LogP contribution < -0.4 is 5.73 Å². The number of hydrogen-bond acceptors (Lipinski definition) is 8. The Balaban J connectivity index is 4.23. The second kappa shape index (κ2) is 36.0. The Morgan fingerprint density at radius 3 is 1.67 bits per heavy atom. The number of rotatable bonds is 36. The Morgan fingerprint density at radius 2 is 1.12 bits per heavy atom. The van der Waals surface area contributed by atoms with Crippen LogP contribution >= 0.6 is 7.82 Å². The number of hydrogen-bond donors (Lipinski definition) is 2. The number of allylic oxidation sites excluding steroid dienone is 6. The third kappa shape index (κ3) is 35.8. The predicted molar refractivity (Wildman–Crippen MR) is 201 cm³/mol.